The number of nitrogens with one attached hydrogen (secondary N) is 2. The third kappa shape index (κ3) is 4.81. The Morgan fingerprint density at radius 1 is 1.12 bits per heavy atom. The monoisotopic (exact) mass is 327 g/mol. The molecule has 1 aromatic carbocycles. The molecular formula is C18H21N3O3. The van der Waals surface area contributed by atoms with Crippen LogP contribution in [0.4, 0.5) is 11.5 Å². The van der Waals surface area contributed by atoms with Gasteiger partial charge in [-0.1, -0.05) is 13.8 Å². The van der Waals surface area contributed by atoms with Gasteiger partial charge in [-0.05, 0) is 42.3 Å². The van der Waals surface area contributed by atoms with Gasteiger partial charge >= 0.3 is 5.97 Å². The lowest BCUT2D eigenvalue weighted by Crippen LogP contribution is -2.14. The Kier molecular flexibility index (Phi) is 5.89. The molecular weight excluding hydrogens is 306 g/mol. The maximum Gasteiger partial charge on any atom is 0.337 e. The van der Waals surface area contributed by atoms with Crippen LogP contribution in [0, 0.1) is 5.92 Å². The van der Waals surface area contributed by atoms with E-state index in [4.69, 9.17) is 0 Å². The predicted molar refractivity (Wildman–Crippen MR) is 93.3 cm³/mol. The summed E-state index contributed by atoms with van der Waals surface area (Å²) >= 11 is 0. The highest BCUT2D eigenvalue weighted by Crippen LogP contribution is 2.13. The van der Waals surface area contributed by atoms with Crippen LogP contribution in [-0.2, 0) is 4.74 Å². The van der Waals surface area contributed by atoms with E-state index in [0.29, 0.717) is 28.6 Å². The van der Waals surface area contributed by atoms with E-state index >= 15 is 0 Å². The van der Waals surface area contributed by atoms with Gasteiger partial charge < -0.3 is 15.4 Å². The summed E-state index contributed by atoms with van der Waals surface area (Å²) in [5, 5.41) is 5.97. The molecule has 0 aliphatic rings. The second kappa shape index (κ2) is 8.10. The molecule has 0 aliphatic heterocycles. The number of anilines is 2. The zero-order valence-electron chi connectivity index (χ0n) is 14.0. The predicted octanol–water partition coefficient (Wildman–Crippen LogP) is 3.19. The van der Waals surface area contributed by atoms with Gasteiger partial charge in [0.2, 0.25) is 0 Å². The summed E-state index contributed by atoms with van der Waals surface area (Å²) in [6, 6.07) is 9.87. The highest BCUT2D eigenvalue weighted by atomic mass is 16.5. The molecule has 6 heteroatoms. The lowest BCUT2D eigenvalue weighted by atomic mass is 10.2. The molecule has 126 valence electrons. The van der Waals surface area contributed by atoms with Crippen LogP contribution in [-0.4, -0.2) is 30.5 Å². The maximum absolute atomic E-state index is 12.3. The Morgan fingerprint density at radius 3 is 2.46 bits per heavy atom. The van der Waals surface area contributed by atoms with E-state index < -0.39 is 5.97 Å². The second-order valence-electron chi connectivity index (χ2n) is 5.73. The Hall–Kier alpha value is -2.89. The molecule has 2 N–H and O–H groups in total. The maximum atomic E-state index is 12.3. The summed E-state index contributed by atoms with van der Waals surface area (Å²) in [5.41, 5.74) is 1.54. The van der Waals surface area contributed by atoms with E-state index in [-0.39, 0.29) is 5.91 Å². The Morgan fingerprint density at radius 2 is 1.83 bits per heavy atom. The molecule has 1 aromatic heterocycles. The Labute approximate surface area is 141 Å². The van der Waals surface area contributed by atoms with Crippen molar-refractivity contribution in [3.05, 3.63) is 53.7 Å². The number of methoxy groups -OCH3 is 1. The van der Waals surface area contributed by atoms with Gasteiger partial charge in [-0.3, -0.25) is 4.79 Å². The van der Waals surface area contributed by atoms with Gasteiger partial charge in [0, 0.05) is 24.0 Å². The van der Waals surface area contributed by atoms with Crippen molar-refractivity contribution in [2.75, 3.05) is 24.3 Å². The molecule has 1 heterocycles. The quantitative estimate of drug-likeness (QED) is 0.797. The van der Waals surface area contributed by atoms with Crippen molar-refractivity contribution in [2.24, 2.45) is 5.92 Å². The molecule has 0 saturated heterocycles. The Bertz CT molecular complexity index is 712. The van der Waals surface area contributed by atoms with E-state index in [1.54, 1.807) is 42.6 Å². The van der Waals surface area contributed by atoms with E-state index in [1.807, 2.05) is 0 Å². The zero-order valence-corrected chi connectivity index (χ0v) is 14.0. The van der Waals surface area contributed by atoms with Gasteiger partial charge in [0.1, 0.15) is 5.82 Å². The number of ether oxygens (including phenoxy) is 1. The van der Waals surface area contributed by atoms with Gasteiger partial charge in [0.05, 0.1) is 12.7 Å². The number of carbonyl (C=O) groups excluding carboxylic acids is 2. The average Bonchev–Trinajstić information content (AvgIpc) is 2.60. The molecule has 2 rings (SSSR count). The van der Waals surface area contributed by atoms with Crippen molar-refractivity contribution in [1.82, 2.24) is 4.98 Å². The van der Waals surface area contributed by atoms with Crippen LogP contribution in [0.3, 0.4) is 0 Å². The third-order valence-corrected chi connectivity index (χ3v) is 3.28. The van der Waals surface area contributed by atoms with E-state index in [0.717, 1.165) is 6.54 Å². The van der Waals surface area contributed by atoms with Crippen LogP contribution in [0.2, 0.25) is 0 Å². The van der Waals surface area contributed by atoms with Gasteiger partial charge in [-0.25, -0.2) is 9.78 Å². The summed E-state index contributed by atoms with van der Waals surface area (Å²) in [6.07, 6.45) is 1.60. The second-order valence-corrected chi connectivity index (χ2v) is 5.73. The fourth-order valence-electron chi connectivity index (χ4n) is 1.99. The minimum absolute atomic E-state index is 0.240. The number of pyridine rings is 1. The summed E-state index contributed by atoms with van der Waals surface area (Å²) in [5.74, 6) is 0.494. The van der Waals surface area contributed by atoms with Crippen LogP contribution in [0.5, 0.6) is 0 Å². The third-order valence-electron chi connectivity index (χ3n) is 3.28. The summed E-state index contributed by atoms with van der Waals surface area (Å²) in [6.45, 7) is 4.98. The molecule has 0 fully saturated rings. The Balaban J connectivity index is 2.04. The van der Waals surface area contributed by atoms with E-state index in [2.05, 4.69) is 34.2 Å². The summed E-state index contributed by atoms with van der Waals surface area (Å²) in [4.78, 5) is 27.9. The first-order valence-corrected chi connectivity index (χ1v) is 7.69. The lowest BCUT2D eigenvalue weighted by Gasteiger charge is -2.10. The zero-order chi connectivity index (χ0) is 17.5. The summed E-state index contributed by atoms with van der Waals surface area (Å²) < 4.78 is 4.64. The number of hydrogen-bond donors (Lipinski definition) is 2. The molecule has 2 aromatic rings. The number of carbonyl (C=O) groups is 2. The molecule has 0 saturated carbocycles. The van der Waals surface area contributed by atoms with Gasteiger partial charge in [0.15, 0.2) is 0 Å². The fourth-order valence-corrected chi connectivity index (χ4v) is 1.99. The first-order chi connectivity index (χ1) is 11.5. The average molecular weight is 327 g/mol. The van der Waals surface area contributed by atoms with Crippen LogP contribution in [0.1, 0.15) is 34.6 Å². The molecule has 0 radical (unpaired) electrons. The molecule has 0 unspecified atom stereocenters. The van der Waals surface area contributed by atoms with Gasteiger partial charge in [-0.2, -0.15) is 0 Å². The largest absolute Gasteiger partial charge is 0.465 e. The topological polar surface area (TPSA) is 80.3 Å². The van der Waals surface area contributed by atoms with Gasteiger partial charge in [0.25, 0.3) is 5.91 Å². The van der Waals surface area contributed by atoms with E-state index in [1.165, 1.54) is 7.11 Å². The number of rotatable bonds is 6. The number of hydrogen-bond acceptors (Lipinski definition) is 5. The van der Waals surface area contributed by atoms with Crippen molar-refractivity contribution < 1.29 is 14.3 Å². The van der Waals surface area contributed by atoms with Crippen molar-refractivity contribution in [3.63, 3.8) is 0 Å². The highest BCUT2D eigenvalue weighted by Gasteiger charge is 2.09. The fraction of sp³-hybridized carbons (Fsp3) is 0.278. The number of nitrogens with zero attached hydrogens (tertiary/aromatic N) is 1. The molecule has 0 bridgehead atoms. The smallest absolute Gasteiger partial charge is 0.337 e. The number of amides is 1. The van der Waals surface area contributed by atoms with Gasteiger partial charge in [-0.15, -0.1) is 0 Å². The number of esters is 1. The van der Waals surface area contributed by atoms with Crippen LogP contribution in [0.25, 0.3) is 0 Å². The highest BCUT2D eigenvalue weighted by molar-refractivity contribution is 6.04. The van der Waals surface area contributed by atoms with Crippen molar-refractivity contribution in [1.29, 1.82) is 0 Å². The first kappa shape index (κ1) is 17.5. The number of benzene rings is 1. The van der Waals surface area contributed by atoms with E-state index in [9.17, 15) is 9.59 Å². The SMILES string of the molecule is COC(=O)c1ccc(NC(=O)c2ccnc(NCC(C)C)c2)cc1. The van der Waals surface area contributed by atoms with Crippen LogP contribution in [0.15, 0.2) is 42.6 Å². The van der Waals surface area contributed by atoms with Crippen molar-refractivity contribution in [3.8, 4) is 0 Å². The summed E-state index contributed by atoms with van der Waals surface area (Å²) in [7, 11) is 1.33. The molecule has 0 atom stereocenters. The lowest BCUT2D eigenvalue weighted by molar-refractivity contribution is 0.0600. The molecule has 6 nitrogen and oxygen atoms in total. The molecule has 0 spiro atoms. The van der Waals surface area contributed by atoms with Crippen LogP contribution < -0.4 is 10.6 Å². The number of aromatic nitrogens is 1. The molecule has 0 aliphatic carbocycles. The minimum atomic E-state index is -0.414. The van der Waals surface area contributed by atoms with Crippen molar-refractivity contribution >= 4 is 23.4 Å². The minimum Gasteiger partial charge on any atom is -0.465 e. The van der Waals surface area contributed by atoms with Crippen LogP contribution >= 0.6 is 0 Å². The normalized spacial score (nSPS) is 10.3. The molecule has 24 heavy (non-hydrogen) atoms. The standard InChI is InChI=1S/C18H21N3O3/c1-12(2)11-20-16-10-14(8-9-19-16)17(22)21-15-6-4-13(5-7-15)18(23)24-3/h4-10,12H,11H2,1-3H3,(H,19,20)(H,21,22). The van der Waals surface area contributed by atoms with Crippen molar-refractivity contribution in [2.45, 2.75) is 13.8 Å². The molecule has 1 amide bonds. The first-order valence-electron chi connectivity index (χ1n) is 7.69.